The van der Waals surface area contributed by atoms with Crippen molar-refractivity contribution in [1.82, 2.24) is 4.98 Å². The van der Waals surface area contributed by atoms with Crippen LogP contribution in [0.3, 0.4) is 0 Å². The summed E-state index contributed by atoms with van der Waals surface area (Å²) < 4.78 is 7.55. The average molecular weight is 155 g/mol. The Morgan fingerprint density at radius 2 is 2.33 bits per heavy atom. The molecule has 56 valence electrons. The Balaban J connectivity index is 2.97. The van der Waals surface area contributed by atoms with E-state index in [1.807, 2.05) is 6.07 Å². The third kappa shape index (κ3) is 0.923. The highest BCUT2D eigenvalue weighted by molar-refractivity contribution is 5.86. The van der Waals surface area contributed by atoms with Gasteiger partial charge in [-0.15, -0.1) is 0 Å². The summed E-state index contributed by atoms with van der Waals surface area (Å²) in [6, 6.07) is 9.22. The van der Waals surface area contributed by atoms with E-state index in [1.54, 1.807) is 24.4 Å². The predicted molar refractivity (Wildman–Crippen MR) is 46.5 cm³/mol. The fourth-order valence-electron chi connectivity index (χ4n) is 1.15. The fourth-order valence-corrected chi connectivity index (χ4v) is 1.15. The fraction of sp³-hybridized carbons (Fsp3) is 0. The number of hydrogen-bond donors (Lipinski definition) is 0. The number of nitrogens with zero attached hydrogens (tertiary/aromatic N) is 2. The molecule has 0 aliphatic rings. The summed E-state index contributed by atoms with van der Waals surface area (Å²) in [5.74, 6) is 0. The van der Waals surface area contributed by atoms with Crippen molar-refractivity contribution in [3.8, 4) is 6.07 Å². The van der Waals surface area contributed by atoms with Crippen molar-refractivity contribution in [1.29, 1.82) is 5.26 Å². The summed E-state index contributed by atoms with van der Waals surface area (Å²) in [6.07, 6.45) is 1.74. The van der Waals surface area contributed by atoms with E-state index < -0.39 is 0 Å². The van der Waals surface area contributed by atoms with Gasteiger partial charge in [0, 0.05) is 17.8 Å². The molecule has 0 unspecified atom stereocenters. The third-order valence-electron chi connectivity index (χ3n) is 1.72. The Labute approximate surface area is 71.5 Å². The number of pyridine rings is 1. The Kier molecular flexibility index (Phi) is 1.26. The second-order valence-corrected chi connectivity index (χ2v) is 2.44. The van der Waals surface area contributed by atoms with Crippen LogP contribution in [-0.4, -0.2) is 4.98 Å². The third-order valence-corrected chi connectivity index (χ3v) is 1.72. The molecule has 0 aliphatic carbocycles. The molecule has 0 bridgehead atoms. The number of rotatable bonds is 0. The second kappa shape index (κ2) is 2.63. The topological polar surface area (TPSA) is 36.7 Å². The first kappa shape index (κ1) is 5.73. The molecule has 1 aromatic carbocycles. The molecule has 0 fully saturated rings. The Morgan fingerprint density at radius 1 is 1.42 bits per heavy atom. The molecule has 0 radical (unpaired) electrons. The van der Waals surface area contributed by atoms with Crippen LogP contribution >= 0.6 is 0 Å². The molecule has 2 nitrogen and oxygen atoms in total. The summed E-state index contributed by atoms with van der Waals surface area (Å²) in [5.41, 5.74) is 0.510. The van der Waals surface area contributed by atoms with Gasteiger partial charge < -0.3 is 0 Å². The standard InChI is InChI=1S/C10H6N2/c11-6-9-3-1-2-8-4-5-12-7-10(8)9/h1-5,7H/i7D. The molecule has 1 heterocycles. The molecule has 0 saturated carbocycles. The highest BCUT2D eigenvalue weighted by Crippen LogP contribution is 2.15. The smallest absolute Gasteiger partial charge is 0.0998 e. The van der Waals surface area contributed by atoms with Gasteiger partial charge in [0.05, 0.1) is 13.0 Å². The zero-order chi connectivity index (χ0) is 9.26. The summed E-state index contributed by atoms with van der Waals surface area (Å²) in [5, 5.41) is 10.3. The van der Waals surface area contributed by atoms with Crippen LogP contribution in [0.25, 0.3) is 10.8 Å². The lowest BCUT2D eigenvalue weighted by molar-refractivity contribution is 1.36. The Hall–Kier alpha value is -1.88. The number of nitriles is 1. The molecule has 1 aromatic heterocycles. The molecule has 2 aromatic rings. The van der Waals surface area contributed by atoms with Crippen LogP contribution in [0.1, 0.15) is 6.93 Å². The molecule has 0 aliphatic heterocycles. The summed E-state index contributed by atoms with van der Waals surface area (Å²) in [6.45, 7) is 0. The monoisotopic (exact) mass is 155 g/mol. The van der Waals surface area contributed by atoms with Crippen molar-refractivity contribution in [2.24, 2.45) is 0 Å². The number of fused-ring (bicyclic) bond motifs is 1. The van der Waals surface area contributed by atoms with Gasteiger partial charge in [-0.2, -0.15) is 5.26 Å². The van der Waals surface area contributed by atoms with Crippen LogP contribution in [0.2, 0.25) is 0 Å². The van der Waals surface area contributed by atoms with Gasteiger partial charge in [-0.05, 0) is 17.5 Å². The zero-order valence-electron chi connectivity index (χ0n) is 7.28. The van der Waals surface area contributed by atoms with Crippen LogP contribution < -0.4 is 0 Å². The largest absolute Gasteiger partial charge is 0.264 e. The van der Waals surface area contributed by atoms with E-state index in [1.165, 1.54) is 0 Å². The van der Waals surface area contributed by atoms with E-state index in [9.17, 15) is 0 Å². The van der Waals surface area contributed by atoms with Gasteiger partial charge in [0.15, 0.2) is 0 Å². The van der Waals surface area contributed by atoms with Gasteiger partial charge in [-0.3, -0.25) is 4.98 Å². The lowest BCUT2D eigenvalue weighted by atomic mass is 10.1. The van der Waals surface area contributed by atoms with E-state index in [-0.39, 0.29) is 6.17 Å². The Bertz CT molecular complexity index is 494. The minimum absolute atomic E-state index is 0.162. The summed E-state index contributed by atoms with van der Waals surface area (Å²) in [7, 11) is 0. The minimum atomic E-state index is 0.162. The van der Waals surface area contributed by atoms with Crippen molar-refractivity contribution in [2.45, 2.75) is 0 Å². The van der Waals surface area contributed by atoms with Gasteiger partial charge >= 0.3 is 0 Å². The van der Waals surface area contributed by atoms with Crippen LogP contribution in [0.15, 0.2) is 36.6 Å². The molecule has 0 amide bonds. The van der Waals surface area contributed by atoms with E-state index >= 15 is 0 Å². The van der Waals surface area contributed by atoms with Crippen molar-refractivity contribution in [3.63, 3.8) is 0 Å². The average Bonchev–Trinajstić information content (AvgIpc) is 2.17. The Morgan fingerprint density at radius 3 is 3.17 bits per heavy atom. The molecule has 2 rings (SSSR count). The molecule has 0 atom stereocenters. The number of benzene rings is 1. The van der Waals surface area contributed by atoms with Gasteiger partial charge in [0.2, 0.25) is 0 Å². The molecular weight excluding hydrogens is 148 g/mol. The van der Waals surface area contributed by atoms with Crippen LogP contribution in [0.5, 0.6) is 0 Å². The molecular formula is C10H6N2. The minimum Gasteiger partial charge on any atom is -0.264 e. The highest BCUT2D eigenvalue weighted by atomic mass is 14.6. The SMILES string of the molecule is [2H]c1nccc2cccc(C#N)c12. The first-order valence-electron chi connectivity index (χ1n) is 4.07. The van der Waals surface area contributed by atoms with Crippen molar-refractivity contribution >= 4 is 10.8 Å². The maximum Gasteiger partial charge on any atom is 0.0998 e. The van der Waals surface area contributed by atoms with Crippen LogP contribution in [0.4, 0.5) is 0 Å². The van der Waals surface area contributed by atoms with E-state index in [4.69, 9.17) is 6.63 Å². The molecule has 0 saturated heterocycles. The molecule has 0 N–H and O–H groups in total. The highest BCUT2D eigenvalue weighted by Gasteiger charge is 1.97. The lowest BCUT2D eigenvalue weighted by Gasteiger charge is -1.96. The van der Waals surface area contributed by atoms with Gasteiger partial charge in [0.25, 0.3) is 0 Å². The molecule has 0 spiro atoms. The maximum atomic E-state index is 8.80. The predicted octanol–water partition coefficient (Wildman–Crippen LogP) is 2.11. The molecule has 2 heteroatoms. The van der Waals surface area contributed by atoms with Crippen LogP contribution in [-0.2, 0) is 0 Å². The summed E-state index contributed by atoms with van der Waals surface area (Å²) in [4.78, 5) is 3.83. The number of aromatic nitrogens is 1. The van der Waals surface area contributed by atoms with Crippen molar-refractivity contribution < 1.29 is 1.37 Å². The van der Waals surface area contributed by atoms with Crippen molar-refractivity contribution in [3.05, 3.63) is 42.2 Å². The van der Waals surface area contributed by atoms with E-state index in [0.29, 0.717) is 10.9 Å². The van der Waals surface area contributed by atoms with E-state index in [0.717, 1.165) is 5.39 Å². The second-order valence-electron chi connectivity index (χ2n) is 2.44. The van der Waals surface area contributed by atoms with E-state index in [2.05, 4.69) is 11.1 Å². The normalized spacial score (nSPS) is 10.8. The van der Waals surface area contributed by atoms with Crippen molar-refractivity contribution in [2.75, 3.05) is 0 Å². The summed E-state index contributed by atoms with van der Waals surface area (Å²) >= 11 is 0. The number of hydrogen-bond acceptors (Lipinski definition) is 2. The maximum absolute atomic E-state index is 8.80. The quantitative estimate of drug-likeness (QED) is 0.584. The van der Waals surface area contributed by atoms with Gasteiger partial charge in [-0.1, -0.05) is 12.1 Å². The van der Waals surface area contributed by atoms with Gasteiger partial charge in [-0.25, -0.2) is 0 Å². The van der Waals surface area contributed by atoms with Crippen LogP contribution in [0, 0.1) is 11.3 Å². The first-order valence-corrected chi connectivity index (χ1v) is 3.57. The zero-order valence-corrected chi connectivity index (χ0v) is 6.28. The van der Waals surface area contributed by atoms with Gasteiger partial charge in [0.1, 0.15) is 0 Å². The molecule has 12 heavy (non-hydrogen) atoms. The first-order chi connectivity index (χ1) is 6.33. The lowest BCUT2D eigenvalue weighted by Crippen LogP contribution is -1.79.